The van der Waals surface area contributed by atoms with Crippen LogP contribution in [0.3, 0.4) is 0 Å². The first-order valence-electron chi connectivity index (χ1n) is 7.76. The van der Waals surface area contributed by atoms with Crippen LogP contribution in [0.1, 0.15) is 38.8 Å². The summed E-state index contributed by atoms with van der Waals surface area (Å²) in [5, 5.41) is 3.49. The second-order valence-electron chi connectivity index (χ2n) is 5.82. The van der Waals surface area contributed by atoms with E-state index in [4.69, 9.17) is 4.74 Å². The van der Waals surface area contributed by atoms with E-state index in [9.17, 15) is 0 Å². The van der Waals surface area contributed by atoms with E-state index in [0.717, 1.165) is 19.6 Å². The molecule has 0 aliphatic carbocycles. The summed E-state index contributed by atoms with van der Waals surface area (Å²) >= 11 is 0. The molecule has 0 saturated carbocycles. The van der Waals surface area contributed by atoms with Crippen LogP contribution >= 0.6 is 0 Å². The lowest BCUT2D eigenvalue weighted by atomic mass is 9.96. The van der Waals surface area contributed by atoms with Gasteiger partial charge in [-0.3, -0.25) is 4.90 Å². The van der Waals surface area contributed by atoms with Crippen molar-refractivity contribution >= 4 is 0 Å². The number of hydrogen-bond donors (Lipinski definition) is 1. The van der Waals surface area contributed by atoms with Crippen molar-refractivity contribution in [1.82, 2.24) is 10.2 Å². The van der Waals surface area contributed by atoms with Gasteiger partial charge in [0.05, 0.1) is 12.7 Å². The average molecular weight is 276 g/mol. The Morgan fingerprint density at radius 2 is 2.05 bits per heavy atom. The maximum Gasteiger partial charge on any atom is 0.0674 e. The highest BCUT2D eigenvalue weighted by molar-refractivity contribution is 5.20. The van der Waals surface area contributed by atoms with Crippen molar-refractivity contribution in [2.45, 2.75) is 51.4 Å². The summed E-state index contributed by atoms with van der Waals surface area (Å²) in [6, 6.07) is 12.1. The largest absolute Gasteiger partial charge is 0.376 e. The topological polar surface area (TPSA) is 24.5 Å². The van der Waals surface area contributed by atoms with E-state index in [-0.39, 0.29) is 0 Å². The van der Waals surface area contributed by atoms with Gasteiger partial charge in [-0.1, -0.05) is 37.3 Å². The fourth-order valence-corrected chi connectivity index (χ4v) is 3.26. The fourth-order valence-electron chi connectivity index (χ4n) is 3.26. The Morgan fingerprint density at radius 3 is 2.65 bits per heavy atom. The van der Waals surface area contributed by atoms with Crippen molar-refractivity contribution < 1.29 is 4.74 Å². The minimum absolute atomic E-state index is 0.327. The Hall–Kier alpha value is -0.900. The highest BCUT2D eigenvalue weighted by Crippen LogP contribution is 2.26. The van der Waals surface area contributed by atoms with Crippen LogP contribution in [0.2, 0.25) is 0 Å². The van der Waals surface area contributed by atoms with Gasteiger partial charge in [-0.05, 0) is 32.9 Å². The van der Waals surface area contributed by atoms with Crippen LogP contribution in [0, 0.1) is 0 Å². The lowest BCUT2D eigenvalue weighted by Gasteiger charge is -2.44. The number of benzene rings is 1. The van der Waals surface area contributed by atoms with E-state index < -0.39 is 0 Å². The monoisotopic (exact) mass is 276 g/mol. The van der Waals surface area contributed by atoms with E-state index in [1.165, 1.54) is 5.56 Å². The molecule has 1 aliphatic heterocycles. The van der Waals surface area contributed by atoms with Crippen molar-refractivity contribution in [2.24, 2.45) is 0 Å². The Morgan fingerprint density at radius 1 is 1.35 bits per heavy atom. The van der Waals surface area contributed by atoms with Gasteiger partial charge in [-0.15, -0.1) is 0 Å². The maximum absolute atomic E-state index is 5.82. The molecule has 4 atom stereocenters. The third-order valence-corrected chi connectivity index (χ3v) is 4.46. The molecule has 1 aromatic rings. The van der Waals surface area contributed by atoms with Crippen LogP contribution in [0.15, 0.2) is 30.3 Å². The van der Waals surface area contributed by atoms with Crippen LogP contribution in [0.5, 0.6) is 0 Å². The zero-order valence-electron chi connectivity index (χ0n) is 13.2. The Bertz CT molecular complexity index is 395. The van der Waals surface area contributed by atoms with Crippen molar-refractivity contribution in [3.63, 3.8) is 0 Å². The van der Waals surface area contributed by atoms with Crippen molar-refractivity contribution in [1.29, 1.82) is 0 Å². The number of likely N-dealkylation sites (N-methyl/N-ethyl adjacent to an activating group) is 1. The molecule has 3 heteroatoms. The number of rotatable bonds is 5. The van der Waals surface area contributed by atoms with Gasteiger partial charge < -0.3 is 10.1 Å². The molecule has 2 rings (SSSR count). The normalized spacial score (nSPS) is 27.2. The summed E-state index contributed by atoms with van der Waals surface area (Å²) in [4.78, 5) is 2.61. The lowest BCUT2D eigenvalue weighted by molar-refractivity contribution is -0.0747. The molecule has 0 spiro atoms. The zero-order valence-corrected chi connectivity index (χ0v) is 13.2. The number of nitrogens with zero attached hydrogens (tertiary/aromatic N) is 1. The summed E-state index contributed by atoms with van der Waals surface area (Å²) in [5.41, 5.74) is 1.36. The highest BCUT2D eigenvalue weighted by Gasteiger charge is 2.32. The molecule has 0 amide bonds. The van der Waals surface area contributed by atoms with Gasteiger partial charge >= 0.3 is 0 Å². The first kappa shape index (κ1) is 15.5. The van der Waals surface area contributed by atoms with Crippen LogP contribution < -0.4 is 5.32 Å². The standard InChI is InChI=1S/C17H28N2O/c1-5-16-12-20-13(2)11-19(16)14(3)17(18-4)15-9-7-6-8-10-15/h6-10,13-14,16-18H,5,11-12H2,1-4H3. The molecule has 1 N–H and O–H groups in total. The average Bonchev–Trinajstić information content (AvgIpc) is 2.49. The Kier molecular flexibility index (Phi) is 5.58. The Labute approximate surface area is 123 Å². The van der Waals surface area contributed by atoms with Gasteiger partial charge in [0, 0.05) is 24.7 Å². The predicted molar refractivity (Wildman–Crippen MR) is 83.9 cm³/mol. The molecule has 1 aromatic carbocycles. The molecule has 20 heavy (non-hydrogen) atoms. The second kappa shape index (κ2) is 7.21. The third kappa shape index (κ3) is 3.40. The Balaban J connectivity index is 2.16. The van der Waals surface area contributed by atoms with Crippen molar-refractivity contribution in [3.05, 3.63) is 35.9 Å². The molecule has 1 heterocycles. The summed E-state index contributed by atoms with van der Waals surface area (Å²) in [6.07, 6.45) is 1.47. The highest BCUT2D eigenvalue weighted by atomic mass is 16.5. The minimum Gasteiger partial charge on any atom is -0.376 e. The minimum atomic E-state index is 0.327. The molecule has 0 radical (unpaired) electrons. The van der Waals surface area contributed by atoms with E-state index >= 15 is 0 Å². The van der Waals surface area contributed by atoms with Gasteiger partial charge in [-0.2, -0.15) is 0 Å². The second-order valence-corrected chi connectivity index (χ2v) is 5.82. The van der Waals surface area contributed by atoms with Crippen LogP contribution in [-0.2, 0) is 4.74 Å². The SMILES string of the molecule is CCC1COC(C)CN1C(C)C(NC)c1ccccc1. The number of hydrogen-bond acceptors (Lipinski definition) is 3. The molecule has 4 unspecified atom stereocenters. The molecule has 1 fully saturated rings. The van der Waals surface area contributed by atoms with Gasteiger partial charge in [0.15, 0.2) is 0 Å². The van der Waals surface area contributed by atoms with E-state index in [1.807, 2.05) is 0 Å². The summed E-state index contributed by atoms with van der Waals surface area (Å²) in [6.45, 7) is 8.62. The molecule has 0 aromatic heterocycles. The van der Waals surface area contributed by atoms with Gasteiger partial charge in [-0.25, -0.2) is 0 Å². The fraction of sp³-hybridized carbons (Fsp3) is 0.647. The predicted octanol–water partition coefficient (Wildman–Crippen LogP) is 2.83. The van der Waals surface area contributed by atoms with E-state index in [0.29, 0.717) is 24.2 Å². The summed E-state index contributed by atoms with van der Waals surface area (Å²) in [7, 11) is 2.05. The molecular weight excluding hydrogens is 248 g/mol. The molecule has 1 aliphatic rings. The lowest BCUT2D eigenvalue weighted by Crippen LogP contribution is -2.55. The van der Waals surface area contributed by atoms with Crippen LogP contribution in [-0.4, -0.2) is 43.3 Å². The van der Waals surface area contributed by atoms with E-state index in [1.54, 1.807) is 0 Å². The van der Waals surface area contributed by atoms with Crippen LogP contribution in [0.4, 0.5) is 0 Å². The molecule has 1 saturated heterocycles. The van der Waals surface area contributed by atoms with E-state index in [2.05, 4.69) is 68.4 Å². The summed E-state index contributed by atoms with van der Waals surface area (Å²) in [5.74, 6) is 0. The maximum atomic E-state index is 5.82. The first-order valence-corrected chi connectivity index (χ1v) is 7.76. The number of ether oxygens (including phenoxy) is 1. The zero-order chi connectivity index (χ0) is 14.5. The van der Waals surface area contributed by atoms with Gasteiger partial charge in [0.25, 0.3) is 0 Å². The van der Waals surface area contributed by atoms with Crippen molar-refractivity contribution in [3.8, 4) is 0 Å². The van der Waals surface area contributed by atoms with Gasteiger partial charge in [0.2, 0.25) is 0 Å². The molecular formula is C17H28N2O. The molecule has 112 valence electrons. The summed E-state index contributed by atoms with van der Waals surface area (Å²) < 4.78 is 5.82. The van der Waals surface area contributed by atoms with Crippen molar-refractivity contribution in [2.75, 3.05) is 20.2 Å². The van der Waals surface area contributed by atoms with Crippen LogP contribution in [0.25, 0.3) is 0 Å². The number of nitrogens with one attached hydrogen (secondary N) is 1. The first-order chi connectivity index (χ1) is 9.67. The third-order valence-electron chi connectivity index (χ3n) is 4.46. The quantitative estimate of drug-likeness (QED) is 0.895. The molecule has 3 nitrogen and oxygen atoms in total. The van der Waals surface area contributed by atoms with Gasteiger partial charge in [0.1, 0.15) is 0 Å². The smallest absolute Gasteiger partial charge is 0.0674 e. The number of morpholine rings is 1. The molecule has 0 bridgehead atoms.